The third kappa shape index (κ3) is 4.68. The second-order valence-electron chi connectivity index (χ2n) is 8.66. The Balaban J connectivity index is 1.34. The lowest BCUT2D eigenvalue weighted by Gasteiger charge is -2.26. The van der Waals surface area contributed by atoms with Crippen LogP contribution in [0.15, 0.2) is 52.2 Å². The number of sulfonamides is 1. The Morgan fingerprint density at radius 1 is 1.15 bits per heavy atom. The lowest BCUT2D eigenvalue weighted by molar-refractivity contribution is -0.135. The highest BCUT2D eigenvalue weighted by Gasteiger charge is 2.26. The van der Waals surface area contributed by atoms with Crippen molar-refractivity contribution in [2.45, 2.75) is 43.2 Å². The lowest BCUT2D eigenvalue weighted by Crippen LogP contribution is -2.41. The number of fused-ring (bicyclic) bond motifs is 2. The zero-order chi connectivity index (χ0) is 23.7. The van der Waals surface area contributed by atoms with Gasteiger partial charge in [0.25, 0.3) is 0 Å². The molecule has 1 atom stereocenters. The summed E-state index contributed by atoms with van der Waals surface area (Å²) < 4.78 is 36.7. The fourth-order valence-electron chi connectivity index (χ4n) is 4.74. The van der Waals surface area contributed by atoms with Crippen LogP contribution >= 0.6 is 11.3 Å². The Kier molecular flexibility index (Phi) is 6.57. The van der Waals surface area contributed by atoms with Crippen LogP contribution in [0.25, 0.3) is 10.2 Å². The largest absolute Gasteiger partial charge is 0.378 e. The van der Waals surface area contributed by atoms with Gasteiger partial charge in [0, 0.05) is 32.1 Å². The highest BCUT2D eigenvalue weighted by molar-refractivity contribution is 7.89. The summed E-state index contributed by atoms with van der Waals surface area (Å²) in [6, 6.07) is 12.4. The molecule has 180 valence electrons. The number of hydrogen-bond donors (Lipinski definition) is 1. The highest BCUT2D eigenvalue weighted by Crippen LogP contribution is 2.31. The van der Waals surface area contributed by atoms with Crippen molar-refractivity contribution in [3.05, 3.63) is 63.3 Å². The van der Waals surface area contributed by atoms with E-state index in [1.807, 2.05) is 24.3 Å². The standard InChI is InChI=1S/C24H27N3O5S2/c28-23(26-12-14-32-15-13-26)10-11-27-21-9-8-18(16-22(21)33-24(27)29)34(30,31)25-20-7-3-5-17-4-1-2-6-19(17)20/h1-2,4,6,8-9,16,20,25H,3,5,7,10-15H2/t20-/m1/s1. The van der Waals surface area contributed by atoms with Crippen molar-refractivity contribution >= 4 is 37.5 Å². The molecule has 1 aromatic heterocycles. The molecule has 34 heavy (non-hydrogen) atoms. The number of rotatable bonds is 6. The minimum absolute atomic E-state index is 0.00860. The molecule has 1 aliphatic heterocycles. The summed E-state index contributed by atoms with van der Waals surface area (Å²) >= 11 is 1.00. The maximum Gasteiger partial charge on any atom is 0.308 e. The number of benzene rings is 2. The molecule has 8 nitrogen and oxygen atoms in total. The maximum atomic E-state index is 13.2. The minimum Gasteiger partial charge on any atom is -0.378 e. The number of nitrogens with one attached hydrogen (secondary N) is 1. The predicted molar refractivity (Wildman–Crippen MR) is 131 cm³/mol. The van der Waals surface area contributed by atoms with Crippen molar-refractivity contribution in [3.63, 3.8) is 0 Å². The molecule has 2 heterocycles. The van der Waals surface area contributed by atoms with Gasteiger partial charge in [0.05, 0.1) is 28.3 Å². The first-order chi connectivity index (χ1) is 16.4. The molecule has 0 spiro atoms. The van der Waals surface area contributed by atoms with Crippen LogP contribution in [0.5, 0.6) is 0 Å². The molecule has 1 amide bonds. The summed E-state index contributed by atoms with van der Waals surface area (Å²) in [6.07, 6.45) is 2.85. The molecule has 0 unspecified atom stereocenters. The molecule has 0 radical (unpaired) electrons. The van der Waals surface area contributed by atoms with E-state index >= 15 is 0 Å². The predicted octanol–water partition coefficient (Wildman–Crippen LogP) is 2.67. The number of aromatic nitrogens is 1. The monoisotopic (exact) mass is 501 g/mol. The van der Waals surface area contributed by atoms with E-state index in [1.54, 1.807) is 21.6 Å². The Morgan fingerprint density at radius 2 is 1.94 bits per heavy atom. The smallest absolute Gasteiger partial charge is 0.308 e. The van der Waals surface area contributed by atoms with Crippen LogP contribution in [-0.2, 0) is 32.5 Å². The van der Waals surface area contributed by atoms with Gasteiger partial charge in [0.1, 0.15) is 0 Å². The number of carbonyl (C=O) groups excluding carboxylic acids is 1. The minimum atomic E-state index is -3.77. The summed E-state index contributed by atoms with van der Waals surface area (Å²) in [5.74, 6) is -0.00860. The van der Waals surface area contributed by atoms with Gasteiger partial charge in [-0.3, -0.25) is 14.2 Å². The third-order valence-electron chi connectivity index (χ3n) is 6.53. The number of thiazole rings is 1. The van der Waals surface area contributed by atoms with Gasteiger partial charge in [-0.1, -0.05) is 35.6 Å². The summed E-state index contributed by atoms with van der Waals surface area (Å²) in [4.78, 5) is 26.8. The molecular weight excluding hydrogens is 474 g/mol. The molecule has 10 heteroatoms. The van der Waals surface area contributed by atoms with Gasteiger partial charge in [-0.15, -0.1) is 0 Å². The zero-order valence-corrected chi connectivity index (χ0v) is 20.4. The molecule has 0 saturated carbocycles. The highest BCUT2D eigenvalue weighted by atomic mass is 32.2. The molecule has 2 aromatic carbocycles. The van der Waals surface area contributed by atoms with E-state index in [0.29, 0.717) is 36.5 Å². The van der Waals surface area contributed by atoms with Gasteiger partial charge in [0.15, 0.2) is 0 Å². The van der Waals surface area contributed by atoms with E-state index in [9.17, 15) is 18.0 Å². The third-order valence-corrected chi connectivity index (χ3v) is 8.94. The molecule has 1 N–H and O–H groups in total. The number of hydrogen-bond acceptors (Lipinski definition) is 6. The second kappa shape index (κ2) is 9.61. The van der Waals surface area contributed by atoms with Gasteiger partial charge in [-0.2, -0.15) is 0 Å². The first-order valence-electron chi connectivity index (χ1n) is 11.5. The van der Waals surface area contributed by atoms with Crippen molar-refractivity contribution in [1.82, 2.24) is 14.2 Å². The van der Waals surface area contributed by atoms with Crippen molar-refractivity contribution in [1.29, 1.82) is 0 Å². The SMILES string of the molecule is O=C(CCn1c(=O)sc2cc(S(=O)(=O)N[C@@H]3CCCc4ccccc43)ccc21)N1CCOCC1. The van der Waals surface area contributed by atoms with E-state index < -0.39 is 10.0 Å². The Morgan fingerprint density at radius 3 is 2.76 bits per heavy atom. The van der Waals surface area contributed by atoms with Crippen LogP contribution in [0.2, 0.25) is 0 Å². The van der Waals surface area contributed by atoms with E-state index in [0.717, 1.165) is 36.2 Å². The summed E-state index contributed by atoms with van der Waals surface area (Å²) in [6.45, 7) is 2.46. The van der Waals surface area contributed by atoms with E-state index in [1.165, 1.54) is 11.6 Å². The normalized spacial score (nSPS) is 18.7. The van der Waals surface area contributed by atoms with Crippen LogP contribution in [0.4, 0.5) is 0 Å². The van der Waals surface area contributed by atoms with Crippen LogP contribution in [0.1, 0.15) is 36.4 Å². The van der Waals surface area contributed by atoms with Crippen molar-refractivity contribution in [2.75, 3.05) is 26.3 Å². The quantitative estimate of drug-likeness (QED) is 0.560. The number of morpholine rings is 1. The molecule has 5 rings (SSSR count). The van der Waals surface area contributed by atoms with Crippen LogP contribution in [0, 0.1) is 0 Å². The Labute approximate surface area is 202 Å². The average molecular weight is 502 g/mol. The molecule has 2 aliphatic rings. The number of aryl methyl sites for hydroxylation is 2. The summed E-state index contributed by atoms with van der Waals surface area (Å²) in [5, 5.41) is 0. The summed E-state index contributed by atoms with van der Waals surface area (Å²) in [7, 11) is -3.77. The fraction of sp³-hybridized carbons (Fsp3) is 0.417. The van der Waals surface area contributed by atoms with Gasteiger partial charge in [-0.25, -0.2) is 13.1 Å². The first kappa shape index (κ1) is 23.2. The zero-order valence-electron chi connectivity index (χ0n) is 18.7. The Hall–Kier alpha value is -2.53. The second-order valence-corrected chi connectivity index (χ2v) is 11.4. The molecule has 1 fully saturated rings. The lowest BCUT2D eigenvalue weighted by atomic mass is 9.88. The van der Waals surface area contributed by atoms with Crippen LogP contribution in [-0.4, -0.2) is 50.1 Å². The van der Waals surface area contributed by atoms with E-state index in [2.05, 4.69) is 4.72 Å². The first-order valence-corrected chi connectivity index (χ1v) is 13.8. The maximum absolute atomic E-state index is 13.2. The van der Waals surface area contributed by atoms with Crippen LogP contribution < -0.4 is 9.60 Å². The van der Waals surface area contributed by atoms with Crippen molar-refractivity contribution in [3.8, 4) is 0 Å². The topological polar surface area (TPSA) is 97.7 Å². The molecule has 1 aliphatic carbocycles. The Bertz CT molecular complexity index is 1370. The van der Waals surface area contributed by atoms with Gasteiger partial charge >= 0.3 is 4.87 Å². The summed E-state index contributed by atoms with van der Waals surface area (Å²) in [5.41, 5.74) is 2.85. The van der Waals surface area contributed by atoms with Gasteiger partial charge in [0.2, 0.25) is 15.9 Å². The van der Waals surface area contributed by atoms with Gasteiger partial charge < -0.3 is 9.64 Å². The van der Waals surface area contributed by atoms with E-state index in [4.69, 9.17) is 4.74 Å². The molecular formula is C24H27N3O5S2. The number of carbonyl (C=O) groups is 1. The van der Waals surface area contributed by atoms with E-state index in [-0.39, 0.29) is 34.7 Å². The van der Waals surface area contributed by atoms with Gasteiger partial charge in [-0.05, 0) is 48.6 Å². The number of nitrogens with zero attached hydrogens (tertiary/aromatic N) is 2. The fourth-order valence-corrected chi connectivity index (χ4v) is 7.04. The molecule has 0 bridgehead atoms. The number of amides is 1. The number of ether oxygens (including phenoxy) is 1. The average Bonchev–Trinajstić information content (AvgIpc) is 3.17. The molecule has 1 saturated heterocycles. The van der Waals surface area contributed by atoms with Crippen molar-refractivity contribution in [2.24, 2.45) is 0 Å². The molecule has 3 aromatic rings. The van der Waals surface area contributed by atoms with Crippen molar-refractivity contribution < 1.29 is 17.9 Å². The van der Waals surface area contributed by atoms with Crippen LogP contribution in [0.3, 0.4) is 0 Å².